The Morgan fingerprint density at radius 1 is 1.18 bits per heavy atom. The molecule has 0 aromatic heterocycles. The largest absolute Gasteiger partial charge is 0.342 e. The Hall–Kier alpha value is -1.06. The number of hydrogen-bond acceptors (Lipinski definition) is 2. The number of halogens is 1. The molecular weight excluding hydrogens is 296 g/mol. The molecule has 124 valence electrons. The number of carbonyl (C=O) groups is 1. The van der Waals surface area contributed by atoms with E-state index in [2.05, 4.69) is 6.92 Å². The van der Waals surface area contributed by atoms with Crippen LogP contribution in [0.5, 0.6) is 0 Å². The van der Waals surface area contributed by atoms with E-state index in [1.54, 1.807) is 0 Å². The van der Waals surface area contributed by atoms with Gasteiger partial charge in [0.25, 0.3) is 0 Å². The Morgan fingerprint density at radius 3 is 2.27 bits per heavy atom. The van der Waals surface area contributed by atoms with Gasteiger partial charge in [0, 0.05) is 19.1 Å². The van der Waals surface area contributed by atoms with Gasteiger partial charge >= 0.3 is 0 Å². The van der Waals surface area contributed by atoms with Crippen LogP contribution in [0.3, 0.4) is 0 Å². The first-order chi connectivity index (χ1) is 10.0. The number of benzene rings is 1. The molecule has 0 heterocycles. The summed E-state index contributed by atoms with van der Waals surface area (Å²) >= 11 is 0. The monoisotopic (exact) mass is 324 g/mol. The molecule has 0 radical (unpaired) electrons. The van der Waals surface area contributed by atoms with Gasteiger partial charge in [0.1, 0.15) is 0 Å². The third-order valence-electron chi connectivity index (χ3n) is 4.99. The summed E-state index contributed by atoms with van der Waals surface area (Å²) in [5.41, 5.74) is 7.31. The molecule has 0 spiro atoms. The quantitative estimate of drug-likeness (QED) is 0.916. The molecule has 0 aliphatic heterocycles. The lowest BCUT2D eigenvalue weighted by molar-refractivity contribution is -0.137. The van der Waals surface area contributed by atoms with Crippen LogP contribution in [-0.2, 0) is 4.79 Å². The summed E-state index contributed by atoms with van der Waals surface area (Å²) in [6.45, 7) is 4.24. The Labute approximate surface area is 140 Å². The van der Waals surface area contributed by atoms with E-state index < -0.39 is 0 Å². The van der Waals surface area contributed by atoms with Crippen molar-refractivity contribution in [1.82, 2.24) is 4.90 Å². The molecule has 2 atom stereocenters. The standard InChI is InChI=1S/C18H28N2O.ClH/c1-13-9-11-16(12-10-13)20(3)18(21)14(2)17(19)15-7-5-4-6-8-15;/h4-8,13-14,16-17H,9-12,19H2,1-3H3;1H. The molecule has 1 aliphatic carbocycles. The normalized spacial score (nSPS) is 24.0. The summed E-state index contributed by atoms with van der Waals surface area (Å²) in [5, 5.41) is 0. The van der Waals surface area contributed by atoms with Crippen molar-refractivity contribution >= 4 is 18.3 Å². The highest BCUT2D eigenvalue weighted by Gasteiger charge is 2.30. The van der Waals surface area contributed by atoms with E-state index >= 15 is 0 Å². The van der Waals surface area contributed by atoms with Crippen molar-refractivity contribution in [3.05, 3.63) is 35.9 Å². The van der Waals surface area contributed by atoms with Crippen LogP contribution < -0.4 is 5.73 Å². The lowest BCUT2D eigenvalue weighted by Crippen LogP contribution is -2.44. The predicted molar refractivity (Wildman–Crippen MR) is 94.0 cm³/mol. The zero-order valence-electron chi connectivity index (χ0n) is 13.9. The second-order valence-electron chi connectivity index (χ2n) is 6.59. The summed E-state index contributed by atoms with van der Waals surface area (Å²) in [5.74, 6) is 0.788. The summed E-state index contributed by atoms with van der Waals surface area (Å²) in [7, 11) is 1.94. The highest BCUT2D eigenvalue weighted by Crippen LogP contribution is 2.28. The van der Waals surface area contributed by atoms with Crippen molar-refractivity contribution in [3.8, 4) is 0 Å². The molecule has 22 heavy (non-hydrogen) atoms. The highest BCUT2D eigenvalue weighted by atomic mass is 35.5. The van der Waals surface area contributed by atoms with Crippen LogP contribution in [0.15, 0.2) is 30.3 Å². The van der Waals surface area contributed by atoms with Crippen LogP contribution in [0, 0.1) is 11.8 Å². The molecular formula is C18H29ClN2O. The summed E-state index contributed by atoms with van der Waals surface area (Å²) in [6, 6.07) is 10.1. The third-order valence-corrected chi connectivity index (χ3v) is 4.99. The van der Waals surface area contributed by atoms with Gasteiger partial charge in [-0.15, -0.1) is 12.4 Å². The first-order valence-corrected chi connectivity index (χ1v) is 8.08. The summed E-state index contributed by atoms with van der Waals surface area (Å²) in [4.78, 5) is 14.6. The van der Waals surface area contributed by atoms with Crippen molar-refractivity contribution in [2.24, 2.45) is 17.6 Å². The summed E-state index contributed by atoms with van der Waals surface area (Å²) in [6.07, 6.45) is 4.69. The molecule has 1 aromatic carbocycles. The number of amides is 1. The van der Waals surface area contributed by atoms with Crippen molar-refractivity contribution in [2.45, 2.75) is 51.6 Å². The lowest BCUT2D eigenvalue weighted by atomic mass is 9.86. The van der Waals surface area contributed by atoms with Crippen LogP contribution >= 0.6 is 12.4 Å². The van der Waals surface area contributed by atoms with Gasteiger partial charge in [0.2, 0.25) is 5.91 Å². The fraction of sp³-hybridized carbons (Fsp3) is 0.611. The van der Waals surface area contributed by atoms with Gasteiger partial charge in [-0.3, -0.25) is 4.79 Å². The van der Waals surface area contributed by atoms with Gasteiger partial charge in [-0.2, -0.15) is 0 Å². The highest BCUT2D eigenvalue weighted by molar-refractivity contribution is 5.85. The molecule has 0 bridgehead atoms. The van der Waals surface area contributed by atoms with E-state index in [1.165, 1.54) is 12.8 Å². The van der Waals surface area contributed by atoms with Crippen molar-refractivity contribution in [2.75, 3.05) is 7.05 Å². The van der Waals surface area contributed by atoms with Crippen LogP contribution in [0.25, 0.3) is 0 Å². The van der Waals surface area contributed by atoms with Crippen molar-refractivity contribution in [3.63, 3.8) is 0 Å². The first kappa shape index (κ1) is 19.0. The Balaban J connectivity index is 0.00000242. The molecule has 2 N–H and O–H groups in total. The molecule has 4 heteroatoms. The second kappa shape index (κ2) is 8.54. The van der Waals surface area contributed by atoms with Crippen LogP contribution in [0.1, 0.15) is 51.1 Å². The van der Waals surface area contributed by atoms with Crippen LogP contribution in [0.2, 0.25) is 0 Å². The third kappa shape index (κ3) is 4.47. The Morgan fingerprint density at radius 2 is 1.73 bits per heavy atom. The van der Waals surface area contributed by atoms with Crippen LogP contribution in [0.4, 0.5) is 0 Å². The maximum absolute atomic E-state index is 12.7. The Kier molecular flexibility index (Phi) is 7.37. The van der Waals surface area contributed by atoms with E-state index in [4.69, 9.17) is 5.73 Å². The lowest BCUT2D eigenvalue weighted by Gasteiger charge is -2.36. The van der Waals surface area contributed by atoms with E-state index in [0.29, 0.717) is 6.04 Å². The average Bonchev–Trinajstić information content (AvgIpc) is 2.53. The zero-order chi connectivity index (χ0) is 15.4. The first-order valence-electron chi connectivity index (χ1n) is 8.08. The smallest absolute Gasteiger partial charge is 0.227 e. The van der Waals surface area contributed by atoms with Gasteiger partial charge in [0.15, 0.2) is 0 Å². The molecule has 2 rings (SSSR count). The summed E-state index contributed by atoms with van der Waals surface area (Å²) < 4.78 is 0. The minimum absolute atomic E-state index is 0. The fourth-order valence-electron chi connectivity index (χ4n) is 3.25. The van der Waals surface area contributed by atoms with Gasteiger partial charge in [-0.05, 0) is 37.2 Å². The van der Waals surface area contributed by atoms with E-state index in [0.717, 1.165) is 24.3 Å². The maximum atomic E-state index is 12.7. The predicted octanol–water partition coefficient (Wildman–Crippen LogP) is 3.78. The fourth-order valence-corrected chi connectivity index (χ4v) is 3.25. The molecule has 1 aliphatic rings. The van der Waals surface area contributed by atoms with Crippen molar-refractivity contribution in [1.29, 1.82) is 0 Å². The minimum atomic E-state index is -0.233. The van der Waals surface area contributed by atoms with E-state index in [-0.39, 0.29) is 30.3 Å². The van der Waals surface area contributed by atoms with Crippen LogP contribution in [-0.4, -0.2) is 23.9 Å². The van der Waals surface area contributed by atoms with Gasteiger partial charge in [-0.1, -0.05) is 44.2 Å². The Bertz CT molecular complexity index is 457. The maximum Gasteiger partial charge on any atom is 0.227 e. The minimum Gasteiger partial charge on any atom is -0.342 e. The number of nitrogens with two attached hydrogens (primary N) is 1. The number of carbonyl (C=O) groups excluding carboxylic acids is 1. The van der Waals surface area contributed by atoms with Gasteiger partial charge in [-0.25, -0.2) is 0 Å². The molecule has 1 saturated carbocycles. The second-order valence-corrected chi connectivity index (χ2v) is 6.59. The molecule has 1 fully saturated rings. The molecule has 2 unspecified atom stereocenters. The number of rotatable bonds is 4. The number of nitrogens with zero attached hydrogens (tertiary/aromatic N) is 1. The topological polar surface area (TPSA) is 46.3 Å². The SMILES string of the molecule is CC1CCC(N(C)C(=O)C(C)C(N)c2ccccc2)CC1.Cl. The zero-order valence-corrected chi connectivity index (χ0v) is 14.7. The van der Waals surface area contributed by atoms with E-state index in [9.17, 15) is 4.79 Å². The molecule has 1 amide bonds. The van der Waals surface area contributed by atoms with Gasteiger partial charge in [0.05, 0.1) is 5.92 Å². The molecule has 3 nitrogen and oxygen atoms in total. The number of hydrogen-bond donors (Lipinski definition) is 1. The van der Waals surface area contributed by atoms with Crippen molar-refractivity contribution < 1.29 is 4.79 Å². The molecule has 1 aromatic rings. The average molecular weight is 325 g/mol. The van der Waals surface area contributed by atoms with E-state index in [1.807, 2.05) is 49.2 Å². The molecule has 0 saturated heterocycles. The van der Waals surface area contributed by atoms with Gasteiger partial charge < -0.3 is 10.6 Å².